The van der Waals surface area contributed by atoms with Gasteiger partial charge in [-0.05, 0) is 61.9 Å². The first-order valence-electron chi connectivity index (χ1n) is 9.82. The molecule has 28 heavy (non-hydrogen) atoms. The van der Waals surface area contributed by atoms with E-state index in [0.29, 0.717) is 23.1 Å². The van der Waals surface area contributed by atoms with Gasteiger partial charge in [0.1, 0.15) is 23.4 Å². The predicted octanol–water partition coefficient (Wildman–Crippen LogP) is 3.02. The number of benzene rings is 1. The summed E-state index contributed by atoms with van der Waals surface area (Å²) in [6, 6.07) is 11.0. The molecule has 4 atom stereocenters. The molecule has 6 heteroatoms. The molecule has 0 amide bonds. The highest BCUT2D eigenvalue weighted by Crippen LogP contribution is 2.38. The predicted molar refractivity (Wildman–Crippen MR) is 103 cm³/mol. The molecule has 2 aliphatic rings. The Balaban J connectivity index is 1.38. The largest absolute Gasteiger partial charge is 0.488 e. The molecule has 4 rings (SSSR count). The quantitative estimate of drug-likeness (QED) is 0.798. The van der Waals surface area contributed by atoms with Crippen molar-refractivity contribution in [2.75, 3.05) is 20.2 Å². The average Bonchev–Trinajstić information content (AvgIpc) is 3.26. The van der Waals surface area contributed by atoms with Crippen molar-refractivity contribution in [3.8, 4) is 5.75 Å². The number of aliphatic hydroxyl groups is 1. The average molecular weight is 385 g/mol. The summed E-state index contributed by atoms with van der Waals surface area (Å²) < 4.78 is 16.5. The number of esters is 1. The SMILES string of the molecule is COC(=O)c1cccc(O[C@@H]2C[C@@H]3CN(Cc4ccc(C)o4)C[C@@H]3C[C@H]2O)c1. The first-order chi connectivity index (χ1) is 13.5. The number of methoxy groups -OCH3 is 1. The van der Waals surface area contributed by atoms with Gasteiger partial charge in [-0.25, -0.2) is 4.79 Å². The van der Waals surface area contributed by atoms with E-state index in [1.165, 1.54) is 7.11 Å². The van der Waals surface area contributed by atoms with Crippen molar-refractivity contribution in [3.63, 3.8) is 0 Å². The van der Waals surface area contributed by atoms with E-state index in [-0.39, 0.29) is 6.10 Å². The molecule has 1 aromatic heterocycles. The third kappa shape index (κ3) is 4.08. The highest BCUT2D eigenvalue weighted by Gasteiger charge is 2.42. The van der Waals surface area contributed by atoms with Crippen LogP contribution in [-0.4, -0.2) is 48.4 Å². The lowest BCUT2D eigenvalue weighted by atomic mass is 9.78. The van der Waals surface area contributed by atoms with Crippen molar-refractivity contribution in [2.45, 2.75) is 38.5 Å². The molecule has 1 saturated heterocycles. The minimum absolute atomic E-state index is 0.264. The summed E-state index contributed by atoms with van der Waals surface area (Å²) in [4.78, 5) is 14.1. The second-order valence-electron chi connectivity index (χ2n) is 7.94. The van der Waals surface area contributed by atoms with Crippen molar-refractivity contribution in [1.29, 1.82) is 0 Å². The number of fused-ring (bicyclic) bond motifs is 1. The van der Waals surface area contributed by atoms with E-state index in [0.717, 1.165) is 44.0 Å². The second kappa shape index (κ2) is 7.97. The molecule has 2 aromatic rings. The van der Waals surface area contributed by atoms with E-state index in [4.69, 9.17) is 13.9 Å². The molecule has 1 N–H and O–H groups in total. The zero-order valence-electron chi connectivity index (χ0n) is 16.3. The minimum atomic E-state index is -0.506. The molecule has 0 spiro atoms. The van der Waals surface area contributed by atoms with Gasteiger partial charge in [0, 0.05) is 13.1 Å². The van der Waals surface area contributed by atoms with Gasteiger partial charge in [0.25, 0.3) is 0 Å². The van der Waals surface area contributed by atoms with E-state index in [2.05, 4.69) is 4.90 Å². The van der Waals surface area contributed by atoms with Crippen molar-refractivity contribution < 1.29 is 23.8 Å². The highest BCUT2D eigenvalue weighted by atomic mass is 16.5. The molecule has 0 bridgehead atoms. The minimum Gasteiger partial charge on any atom is -0.488 e. The van der Waals surface area contributed by atoms with Gasteiger partial charge in [-0.1, -0.05) is 6.07 Å². The van der Waals surface area contributed by atoms with Crippen LogP contribution in [-0.2, 0) is 11.3 Å². The number of aliphatic hydroxyl groups excluding tert-OH is 1. The van der Waals surface area contributed by atoms with E-state index < -0.39 is 12.1 Å². The Kier molecular flexibility index (Phi) is 5.42. The number of carbonyl (C=O) groups is 1. The number of hydrogen-bond acceptors (Lipinski definition) is 6. The second-order valence-corrected chi connectivity index (χ2v) is 7.94. The Morgan fingerprint density at radius 3 is 2.71 bits per heavy atom. The van der Waals surface area contributed by atoms with Gasteiger partial charge in [-0.3, -0.25) is 4.90 Å². The maximum absolute atomic E-state index is 11.7. The van der Waals surface area contributed by atoms with Gasteiger partial charge in [-0.15, -0.1) is 0 Å². The van der Waals surface area contributed by atoms with Crippen LogP contribution in [0.3, 0.4) is 0 Å². The topological polar surface area (TPSA) is 72.1 Å². The molecule has 1 aliphatic carbocycles. The Hall–Kier alpha value is -2.31. The van der Waals surface area contributed by atoms with Crippen LogP contribution in [0.5, 0.6) is 5.75 Å². The van der Waals surface area contributed by atoms with Gasteiger partial charge < -0.3 is 19.0 Å². The number of rotatable bonds is 5. The molecule has 1 aliphatic heterocycles. The number of furan rings is 1. The van der Waals surface area contributed by atoms with E-state index >= 15 is 0 Å². The maximum atomic E-state index is 11.7. The summed E-state index contributed by atoms with van der Waals surface area (Å²) >= 11 is 0. The fraction of sp³-hybridized carbons (Fsp3) is 0.500. The van der Waals surface area contributed by atoms with Gasteiger partial charge in [0.05, 0.1) is 25.3 Å². The zero-order valence-corrected chi connectivity index (χ0v) is 16.3. The smallest absolute Gasteiger partial charge is 0.337 e. The van der Waals surface area contributed by atoms with E-state index in [1.807, 2.05) is 25.1 Å². The Bertz CT molecular complexity index is 832. The van der Waals surface area contributed by atoms with Gasteiger partial charge in [0.15, 0.2) is 0 Å². The van der Waals surface area contributed by atoms with Crippen molar-refractivity contribution >= 4 is 5.97 Å². The molecule has 0 radical (unpaired) electrons. The van der Waals surface area contributed by atoms with Crippen LogP contribution in [0.1, 0.15) is 34.7 Å². The summed E-state index contributed by atoms with van der Waals surface area (Å²) in [5.74, 6) is 3.09. The van der Waals surface area contributed by atoms with E-state index in [1.54, 1.807) is 18.2 Å². The first kappa shape index (κ1) is 19.0. The standard InChI is InChI=1S/C22H27NO5/c1-14-6-7-19(27-14)13-23-11-16-9-20(24)21(10-17(16)12-23)28-18-5-3-4-15(8-18)22(25)26-2/h3-8,16-17,20-21,24H,9-13H2,1-2H3/t16-,17+,20+,21+/m0/s1. The van der Waals surface area contributed by atoms with Crippen LogP contribution in [0.15, 0.2) is 40.8 Å². The van der Waals surface area contributed by atoms with Gasteiger partial charge >= 0.3 is 5.97 Å². The monoisotopic (exact) mass is 385 g/mol. The normalized spacial score (nSPS) is 27.4. The molecular formula is C22H27NO5. The van der Waals surface area contributed by atoms with Crippen molar-refractivity contribution in [2.24, 2.45) is 11.8 Å². The number of carbonyl (C=O) groups excluding carboxylic acids is 1. The van der Waals surface area contributed by atoms with Crippen LogP contribution in [0.4, 0.5) is 0 Å². The molecule has 1 saturated carbocycles. The van der Waals surface area contributed by atoms with Crippen molar-refractivity contribution in [1.82, 2.24) is 4.90 Å². The number of nitrogens with zero attached hydrogens (tertiary/aromatic N) is 1. The molecule has 1 aromatic carbocycles. The Morgan fingerprint density at radius 2 is 2.00 bits per heavy atom. The third-order valence-corrected chi connectivity index (χ3v) is 5.88. The number of ether oxygens (including phenoxy) is 2. The number of aryl methyl sites for hydroxylation is 1. The first-order valence-corrected chi connectivity index (χ1v) is 9.82. The fourth-order valence-electron chi connectivity index (χ4n) is 4.52. The number of hydrogen-bond donors (Lipinski definition) is 1. The van der Waals surface area contributed by atoms with Crippen LogP contribution in [0.2, 0.25) is 0 Å². The molecule has 6 nitrogen and oxygen atoms in total. The summed E-state index contributed by atoms with van der Waals surface area (Å²) in [7, 11) is 1.36. The summed E-state index contributed by atoms with van der Waals surface area (Å²) in [6.07, 6.45) is 0.774. The number of likely N-dealkylation sites (tertiary alicyclic amines) is 1. The van der Waals surface area contributed by atoms with Crippen LogP contribution >= 0.6 is 0 Å². The lowest BCUT2D eigenvalue weighted by Crippen LogP contribution is -2.42. The Morgan fingerprint density at radius 1 is 1.21 bits per heavy atom. The third-order valence-electron chi connectivity index (χ3n) is 5.88. The lowest BCUT2D eigenvalue weighted by Gasteiger charge is -2.35. The van der Waals surface area contributed by atoms with Gasteiger partial charge in [-0.2, -0.15) is 0 Å². The molecule has 2 heterocycles. The van der Waals surface area contributed by atoms with Crippen LogP contribution in [0, 0.1) is 18.8 Å². The lowest BCUT2D eigenvalue weighted by molar-refractivity contribution is -0.0231. The molecule has 0 unspecified atom stereocenters. The molecule has 2 fully saturated rings. The van der Waals surface area contributed by atoms with E-state index in [9.17, 15) is 9.90 Å². The van der Waals surface area contributed by atoms with Crippen molar-refractivity contribution in [3.05, 3.63) is 53.5 Å². The Labute approximate surface area is 165 Å². The van der Waals surface area contributed by atoms with Crippen LogP contribution in [0.25, 0.3) is 0 Å². The highest BCUT2D eigenvalue weighted by molar-refractivity contribution is 5.89. The van der Waals surface area contributed by atoms with Gasteiger partial charge in [0.2, 0.25) is 0 Å². The molecular weight excluding hydrogens is 358 g/mol. The summed E-state index contributed by atoms with van der Waals surface area (Å²) in [6.45, 7) is 4.73. The zero-order chi connectivity index (χ0) is 19.7. The summed E-state index contributed by atoms with van der Waals surface area (Å²) in [5, 5.41) is 10.6. The maximum Gasteiger partial charge on any atom is 0.337 e. The van der Waals surface area contributed by atoms with Crippen LogP contribution < -0.4 is 4.74 Å². The molecule has 150 valence electrons. The fourth-order valence-corrected chi connectivity index (χ4v) is 4.52. The summed E-state index contributed by atoms with van der Waals surface area (Å²) in [5.41, 5.74) is 0.448.